The van der Waals surface area contributed by atoms with Gasteiger partial charge in [0.15, 0.2) is 5.60 Å². The van der Waals surface area contributed by atoms with E-state index in [1.54, 1.807) is 13.8 Å². The number of alkyl halides is 3. The van der Waals surface area contributed by atoms with Gasteiger partial charge in [-0.05, 0) is 0 Å². The number of nitrogens with zero attached hydrogens (tertiary/aromatic N) is 3. The summed E-state index contributed by atoms with van der Waals surface area (Å²) in [6.45, 7) is 5.35. The van der Waals surface area contributed by atoms with Crippen LogP contribution >= 0.6 is 0 Å². The van der Waals surface area contributed by atoms with Crippen LogP contribution in [0, 0.1) is 0 Å². The van der Waals surface area contributed by atoms with Crippen molar-refractivity contribution in [2.75, 3.05) is 25.0 Å². The molecule has 27 heavy (non-hydrogen) atoms. The fourth-order valence-electron chi connectivity index (χ4n) is 2.69. The first-order valence-electron chi connectivity index (χ1n) is 8.79. The normalized spacial score (nSPS) is 17.5. The summed E-state index contributed by atoms with van der Waals surface area (Å²) in [7, 11) is 0. The van der Waals surface area contributed by atoms with Crippen LogP contribution in [0.15, 0.2) is 17.4 Å². The fourth-order valence-corrected chi connectivity index (χ4v) is 2.69. The lowest BCUT2D eigenvalue weighted by atomic mass is 10.1. The van der Waals surface area contributed by atoms with Crippen LogP contribution in [0.4, 0.5) is 19.1 Å². The maximum Gasteiger partial charge on any atom is 0.419 e. The maximum absolute atomic E-state index is 13.4. The molecule has 7 nitrogen and oxygen atoms in total. The van der Waals surface area contributed by atoms with Crippen molar-refractivity contribution < 1.29 is 23.6 Å². The van der Waals surface area contributed by atoms with E-state index in [1.807, 2.05) is 0 Å². The third-order valence-corrected chi connectivity index (χ3v) is 4.04. The predicted octanol–water partition coefficient (Wildman–Crippen LogP) is 0.507. The van der Waals surface area contributed by atoms with Gasteiger partial charge >= 0.3 is 6.18 Å². The van der Waals surface area contributed by atoms with Crippen LogP contribution in [0.1, 0.15) is 37.9 Å². The van der Waals surface area contributed by atoms with Crippen molar-refractivity contribution in [3.8, 4) is 0 Å². The van der Waals surface area contributed by atoms with Gasteiger partial charge < -0.3 is 21.5 Å². The zero-order valence-electron chi connectivity index (χ0n) is 15.5. The molecule has 0 saturated carbocycles. The Hall–Kier alpha value is -2.20. The summed E-state index contributed by atoms with van der Waals surface area (Å²) in [5, 5.41) is 13.1. The van der Waals surface area contributed by atoms with Gasteiger partial charge in [-0.15, -0.1) is 0 Å². The molecule has 1 aliphatic heterocycles. The average molecular weight is 388 g/mol. The van der Waals surface area contributed by atoms with Crippen LogP contribution in [0.25, 0.3) is 5.57 Å². The molecule has 0 unspecified atom stereocenters. The summed E-state index contributed by atoms with van der Waals surface area (Å²) >= 11 is 0. The number of quaternary nitrogens is 1. The number of aromatic nitrogens is 2. The third kappa shape index (κ3) is 6.47. The second-order valence-electron chi connectivity index (χ2n) is 7.21. The molecule has 150 valence electrons. The molecule has 7 N–H and O–H groups in total. The van der Waals surface area contributed by atoms with E-state index in [9.17, 15) is 13.2 Å². The lowest BCUT2D eigenvalue weighted by Crippen LogP contribution is -2.87. The maximum atomic E-state index is 13.4. The number of aliphatic imine (C=N–C) groups is 1. The predicted molar refractivity (Wildman–Crippen MR) is 98.6 cm³/mol. The van der Waals surface area contributed by atoms with E-state index in [4.69, 9.17) is 10.8 Å². The molecule has 0 spiro atoms. The molecule has 1 saturated heterocycles. The SMILES string of the molecule is CC(C)([OH2+])CN=C/C(=C\N)c1nc(NC2CC[NH2+]CC2)ncc1C(F)(F)F. The average Bonchev–Trinajstić information content (AvgIpc) is 2.58. The van der Waals surface area contributed by atoms with Crippen molar-refractivity contribution in [2.45, 2.75) is 44.5 Å². The van der Waals surface area contributed by atoms with Gasteiger partial charge in [-0.25, -0.2) is 9.97 Å². The third-order valence-electron chi connectivity index (χ3n) is 4.04. The number of hydrogen-bond acceptors (Lipinski definition) is 5. The van der Waals surface area contributed by atoms with Crippen molar-refractivity contribution in [2.24, 2.45) is 10.7 Å². The second kappa shape index (κ2) is 8.66. The summed E-state index contributed by atoms with van der Waals surface area (Å²) in [4.78, 5) is 12.0. The molecule has 10 heteroatoms. The van der Waals surface area contributed by atoms with Gasteiger partial charge in [-0.3, -0.25) is 4.99 Å². The molecule has 0 aromatic carbocycles. The molecule has 0 bridgehead atoms. The van der Waals surface area contributed by atoms with Gasteiger partial charge in [0, 0.05) is 56.9 Å². The molecule has 0 radical (unpaired) electrons. The van der Waals surface area contributed by atoms with Gasteiger partial charge in [0.25, 0.3) is 0 Å². The summed E-state index contributed by atoms with van der Waals surface area (Å²) in [5.74, 6) is 0.137. The lowest BCUT2D eigenvalue weighted by Gasteiger charge is -2.22. The number of hydrogen-bond donors (Lipinski definition) is 3. The van der Waals surface area contributed by atoms with Crippen molar-refractivity contribution in [3.63, 3.8) is 0 Å². The first-order chi connectivity index (χ1) is 12.6. The molecule has 2 rings (SSSR count). The minimum Gasteiger partial charge on any atom is -0.440 e. The van der Waals surface area contributed by atoms with Crippen LogP contribution in [0.2, 0.25) is 0 Å². The molecular weight excluding hydrogens is 361 g/mol. The summed E-state index contributed by atoms with van der Waals surface area (Å²) < 4.78 is 40.2. The highest BCUT2D eigenvalue weighted by molar-refractivity contribution is 6.09. The Morgan fingerprint density at radius 1 is 1.41 bits per heavy atom. The van der Waals surface area contributed by atoms with E-state index in [-0.39, 0.29) is 29.8 Å². The Kier molecular flexibility index (Phi) is 6.77. The number of rotatable bonds is 6. The smallest absolute Gasteiger partial charge is 0.419 e. The molecule has 0 amide bonds. The van der Waals surface area contributed by atoms with Gasteiger partial charge in [-0.1, -0.05) is 0 Å². The number of piperidine rings is 1. The highest BCUT2D eigenvalue weighted by Crippen LogP contribution is 2.33. The fraction of sp³-hybridized carbons (Fsp3) is 0.588. The quantitative estimate of drug-likeness (QED) is 0.486. The van der Waals surface area contributed by atoms with E-state index in [0.29, 0.717) is 0 Å². The van der Waals surface area contributed by atoms with Crippen molar-refractivity contribution in [1.29, 1.82) is 0 Å². The minimum atomic E-state index is -4.62. The molecule has 0 aliphatic carbocycles. The monoisotopic (exact) mass is 388 g/mol. The van der Waals surface area contributed by atoms with Crippen LogP contribution in [0.3, 0.4) is 0 Å². The zero-order valence-corrected chi connectivity index (χ0v) is 15.5. The molecular formula is C17H27F3N6O+2. The second-order valence-corrected chi connectivity index (χ2v) is 7.21. The molecule has 0 atom stereocenters. The summed E-state index contributed by atoms with van der Waals surface area (Å²) in [5.41, 5.74) is 3.45. The minimum absolute atomic E-state index is 0.0361. The van der Waals surface area contributed by atoms with Crippen LogP contribution < -0.4 is 16.4 Å². The molecule has 1 aromatic rings. The Labute approximate surface area is 156 Å². The Bertz CT molecular complexity index is 691. The van der Waals surface area contributed by atoms with E-state index >= 15 is 0 Å². The number of nitrogens with one attached hydrogen (secondary N) is 1. The molecule has 2 heterocycles. The number of allylic oxidation sites excluding steroid dienone is 1. The summed E-state index contributed by atoms with van der Waals surface area (Å²) in [6, 6.07) is 0.127. The topological polar surface area (TPSA) is 116 Å². The van der Waals surface area contributed by atoms with Gasteiger partial charge in [0.1, 0.15) is 12.1 Å². The van der Waals surface area contributed by atoms with Crippen molar-refractivity contribution >= 4 is 17.7 Å². The lowest BCUT2D eigenvalue weighted by molar-refractivity contribution is -0.662. The largest absolute Gasteiger partial charge is 0.440 e. The number of halogens is 3. The van der Waals surface area contributed by atoms with Crippen LogP contribution in [-0.2, 0) is 6.18 Å². The highest BCUT2D eigenvalue weighted by Gasteiger charge is 2.36. The van der Waals surface area contributed by atoms with Crippen LogP contribution in [-0.4, -0.2) is 52.6 Å². The van der Waals surface area contributed by atoms with Gasteiger partial charge in [-0.2, -0.15) is 13.2 Å². The van der Waals surface area contributed by atoms with E-state index in [2.05, 4.69) is 25.6 Å². The van der Waals surface area contributed by atoms with Crippen molar-refractivity contribution in [1.82, 2.24) is 9.97 Å². The first-order valence-corrected chi connectivity index (χ1v) is 8.79. The standard InChI is InChI=1S/C17H25F3N6O/c1-16(2,27)10-23-8-11(7-21)14-13(17(18,19)20)9-24-15(26-14)25-12-3-5-22-6-4-12/h7-9,12,22,27H,3-6,10,21H2,1-2H3,(H,24,25,26)/p+2/b11-7+,23-8?. The van der Waals surface area contributed by atoms with Gasteiger partial charge in [0.2, 0.25) is 5.95 Å². The van der Waals surface area contributed by atoms with E-state index < -0.39 is 17.3 Å². The molecule has 1 fully saturated rings. The van der Waals surface area contributed by atoms with Crippen molar-refractivity contribution in [3.05, 3.63) is 23.7 Å². The number of nitrogens with two attached hydrogens (primary N) is 2. The zero-order chi connectivity index (χ0) is 20.1. The Morgan fingerprint density at radius 3 is 2.63 bits per heavy atom. The molecule has 1 aliphatic rings. The van der Waals surface area contributed by atoms with Gasteiger partial charge in [0.05, 0.1) is 18.8 Å². The van der Waals surface area contributed by atoms with Crippen LogP contribution in [0.5, 0.6) is 0 Å². The summed E-state index contributed by atoms with van der Waals surface area (Å²) in [6.07, 6.45) is 0.194. The van der Waals surface area contributed by atoms with E-state index in [1.165, 1.54) is 6.21 Å². The van der Waals surface area contributed by atoms with E-state index in [0.717, 1.165) is 38.3 Å². The Morgan fingerprint density at radius 2 is 2.07 bits per heavy atom. The molecule has 1 aromatic heterocycles. The first kappa shape index (κ1) is 21.1. The Balaban J connectivity index is 2.32. The highest BCUT2D eigenvalue weighted by atomic mass is 19.4. The number of anilines is 1.